The number of hydrogen-bond donors (Lipinski definition) is 1. The van der Waals surface area contributed by atoms with Gasteiger partial charge in [-0.25, -0.2) is 4.98 Å². The van der Waals surface area contributed by atoms with Crippen molar-refractivity contribution in [2.24, 2.45) is 0 Å². The summed E-state index contributed by atoms with van der Waals surface area (Å²) in [6.07, 6.45) is 2.90. The van der Waals surface area contributed by atoms with Gasteiger partial charge in [0.1, 0.15) is 5.82 Å². The normalized spacial score (nSPS) is 10.4. The number of nitrogens with zero attached hydrogens (tertiary/aromatic N) is 2. The topological polar surface area (TPSA) is 28.2 Å². The number of nitrogens with one attached hydrogen (secondary N) is 1. The van der Waals surface area contributed by atoms with Gasteiger partial charge in [0.25, 0.3) is 0 Å². The second-order valence-corrected chi connectivity index (χ2v) is 4.29. The molecule has 0 atom stereocenters. The molecule has 0 saturated heterocycles. The molecule has 100 valence electrons. The maximum Gasteiger partial charge on any atom is 0.129 e. The Balaban J connectivity index is 2.97. The maximum atomic E-state index is 4.70. The average Bonchev–Trinajstić information content (AvgIpc) is 2.42. The number of rotatable bonds is 8. The van der Waals surface area contributed by atoms with E-state index < -0.39 is 0 Å². The molecule has 0 aliphatic rings. The van der Waals surface area contributed by atoms with Crippen LogP contribution in [0, 0.1) is 0 Å². The number of hydrogen-bond acceptors (Lipinski definition) is 3. The summed E-state index contributed by atoms with van der Waals surface area (Å²) in [5.41, 5.74) is 2.46. The maximum absolute atomic E-state index is 4.70. The first-order chi connectivity index (χ1) is 8.74. The fraction of sp³-hybridized carbons (Fsp3) is 0.533. The van der Waals surface area contributed by atoms with Crippen LogP contribution in [-0.2, 0) is 13.0 Å². The highest BCUT2D eigenvalue weighted by molar-refractivity contribution is 5.43. The van der Waals surface area contributed by atoms with E-state index in [9.17, 15) is 0 Å². The molecule has 1 rings (SSSR count). The van der Waals surface area contributed by atoms with Gasteiger partial charge in [-0.15, -0.1) is 6.58 Å². The van der Waals surface area contributed by atoms with Crippen molar-refractivity contribution >= 4 is 5.82 Å². The van der Waals surface area contributed by atoms with Gasteiger partial charge in [-0.3, -0.25) is 0 Å². The number of aromatic nitrogens is 1. The molecule has 1 aromatic heterocycles. The van der Waals surface area contributed by atoms with E-state index in [0.717, 1.165) is 44.1 Å². The van der Waals surface area contributed by atoms with Crippen molar-refractivity contribution < 1.29 is 0 Å². The summed E-state index contributed by atoms with van der Waals surface area (Å²) in [4.78, 5) is 6.94. The van der Waals surface area contributed by atoms with E-state index in [1.54, 1.807) is 0 Å². The summed E-state index contributed by atoms with van der Waals surface area (Å²) >= 11 is 0. The van der Waals surface area contributed by atoms with Gasteiger partial charge in [-0.05, 0) is 37.6 Å². The lowest BCUT2D eigenvalue weighted by atomic mass is 10.2. The lowest BCUT2D eigenvalue weighted by Gasteiger charge is -2.21. The Kier molecular flexibility index (Phi) is 6.44. The van der Waals surface area contributed by atoms with Crippen molar-refractivity contribution in [3.63, 3.8) is 0 Å². The number of aryl methyl sites for hydroxylation is 1. The van der Waals surface area contributed by atoms with Crippen LogP contribution in [0.2, 0.25) is 0 Å². The summed E-state index contributed by atoms with van der Waals surface area (Å²) in [6, 6.07) is 4.36. The molecule has 0 radical (unpaired) electrons. The molecule has 0 aliphatic carbocycles. The van der Waals surface area contributed by atoms with Crippen molar-refractivity contribution in [1.82, 2.24) is 10.3 Å². The van der Waals surface area contributed by atoms with Gasteiger partial charge >= 0.3 is 0 Å². The highest BCUT2D eigenvalue weighted by Crippen LogP contribution is 2.15. The molecular weight excluding hydrogens is 222 g/mol. The Bertz CT molecular complexity index is 374. The molecule has 1 N–H and O–H groups in total. The third-order valence-electron chi connectivity index (χ3n) is 2.92. The largest absolute Gasteiger partial charge is 0.353 e. The van der Waals surface area contributed by atoms with Gasteiger partial charge in [0.05, 0.1) is 0 Å². The molecule has 0 bridgehead atoms. The molecule has 3 nitrogen and oxygen atoms in total. The van der Waals surface area contributed by atoms with Gasteiger partial charge in [-0.1, -0.05) is 19.9 Å². The van der Waals surface area contributed by atoms with Crippen LogP contribution in [0.5, 0.6) is 0 Å². The van der Waals surface area contributed by atoms with E-state index in [0.29, 0.717) is 0 Å². The summed E-state index contributed by atoms with van der Waals surface area (Å²) in [6.45, 7) is 13.9. The second kappa shape index (κ2) is 7.88. The van der Waals surface area contributed by atoms with Crippen LogP contribution in [-0.4, -0.2) is 24.6 Å². The highest BCUT2D eigenvalue weighted by atomic mass is 15.2. The molecule has 0 spiro atoms. The molecule has 0 aliphatic heterocycles. The van der Waals surface area contributed by atoms with Gasteiger partial charge in [0, 0.05) is 25.3 Å². The van der Waals surface area contributed by atoms with Crippen molar-refractivity contribution in [1.29, 1.82) is 0 Å². The van der Waals surface area contributed by atoms with Gasteiger partial charge < -0.3 is 10.2 Å². The highest BCUT2D eigenvalue weighted by Gasteiger charge is 2.07. The van der Waals surface area contributed by atoms with Crippen molar-refractivity contribution in [2.75, 3.05) is 24.5 Å². The van der Waals surface area contributed by atoms with E-state index in [1.165, 1.54) is 5.56 Å². The molecule has 1 heterocycles. The third-order valence-corrected chi connectivity index (χ3v) is 2.92. The predicted octanol–water partition coefficient (Wildman–Crippen LogP) is 2.77. The SMILES string of the molecule is C=CCN(CC)c1cc(CNCC)cc(CC)n1. The van der Waals surface area contributed by atoms with Crippen molar-refractivity contribution in [3.05, 3.63) is 36.0 Å². The molecule has 0 amide bonds. The van der Waals surface area contributed by atoms with Crippen LogP contribution in [0.15, 0.2) is 24.8 Å². The molecule has 0 unspecified atom stereocenters. The van der Waals surface area contributed by atoms with Crippen LogP contribution in [0.1, 0.15) is 32.0 Å². The standard InChI is InChI=1S/C15H25N3/c1-5-9-18(8-4)15-11-13(12-16-7-3)10-14(6-2)17-15/h5,10-11,16H,1,6-9,12H2,2-4H3. The zero-order valence-corrected chi connectivity index (χ0v) is 11.9. The minimum atomic E-state index is 0.845. The van der Waals surface area contributed by atoms with Gasteiger partial charge in [0.15, 0.2) is 0 Å². The van der Waals surface area contributed by atoms with E-state index in [2.05, 4.69) is 49.7 Å². The van der Waals surface area contributed by atoms with E-state index in [4.69, 9.17) is 4.98 Å². The molecule has 3 heteroatoms. The monoisotopic (exact) mass is 247 g/mol. The number of likely N-dealkylation sites (N-methyl/N-ethyl adjacent to an activating group) is 1. The Morgan fingerprint density at radius 1 is 1.33 bits per heavy atom. The molecular formula is C15H25N3. The second-order valence-electron chi connectivity index (χ2n) is 4.29. The minimum absolute atomic E-state index is 0.845. The third kappa shape index (κ3) is 4.15. The van der Waals surface area contributed by atoms with E-state index in [-0.39, 0.29) is 0 Å². The fourth-order valence-electron chi connectivity index (χ4n) is 1.89. The number of anilines is 1. The first-order valence-electron chi connectivity index (χ1n) is 6.81. The Labute approximate surface area is 111 Å². The average molecular weight is 247 g/mol. The smallest absolute Gasteiger partial charge is 0.129 e. The first kappa shape index (κ1) is 14.7. The zero-order chi connectivity index (χ0) is 13.4. The van der Waals surface area contributed by atoms with Gasteiger partial charge in [-0.2, -0.15) is 0 Å². The zero-order valence-electron chi connectivity index (χ0n) is 11.9. The lowest BCUT2D eigenvalue weighted by molar-refractivity contribution is 0.723. The molecule has 0 saturated carbocycles. The minimum Gasteiger partial charge on any atom is -0.353 e. The summed E-state index contributed by atoms with van der Waals surface area (Å²) in [5.74, 6) is 1.06. The molecule has 0 fully saturated rings. The lowest BCUT2D eigenvalue weighted by Crippen LogP contribution is -2.24. The van der Waals surface area contributed by atoms with Crippen molar-refractivity contribution in [2.45, 2.75) is 33.7 Å². The first-order valence-corrected chi connectivity index (χ1v) is 6.81. The summed E-state index contributed by atoms with van der Waals surface area (Å²) < 4.78 is 0. The van der Waals surface area contributed by atoms with Crippen LogP contribution >= 0.6 is 0 Å². The fourth-order valence-corrected chi connectivity index (χ4v) is 1.89. The quantitative estimate of drug-likeness (QED) is 0.716. The predicted molar refractivity (Wildman–Crippen MR) is 79.1 cm³/mol. The van der Waals surface area contributed by atoms with Crippen LogP contribution in [0.4, 0.5) is 5.82 Å². The van der Waals surface area contributed by atoms with E-state index in [1.807, 2.05) is 6.08 Å². The Hall–Kier alpha value is -1.35. The summed E-state index contributed by atoms with van der Waals surface area (Å²) in [5, 5.41) is 3.37. The van der Waals surface area contributed by atoms with E-state index >= 15 is 0 Å². The van der Waals surface area contributed by atoms with Crippen LogP contribution in [0.25, 0.3) is 0 Å². The molecule has 0 aromatic carbocycles. The van der Waals surface area contributed by atoms with Crippen molar-refractivity contribution in [3.8, 4) is 0 Å². The number of pyridine rings is 1. The van der Waals surface area contributed by atoms with Crippen LogP contribution < -0.4 is 10.2 Å². The Morgan fingerprint density at radius 2 is 2.11 bits per heavy atom. The summed E-state index contributed by atoms with van der Waals surface area (Å²) in [7, 11) is 0. The molecule has 18 heavy (non-hydrogen) atoms. The van der Waals surface area contributed by atoms with Gasteiger partial charge in [0.2, 0.25) is 0 Å². The van der Waals surface area contributed by atoms with Crippen LogP contribution in [0.3, 0.4) is 0 Å². The molecule has 1 aromatic rings. The Morgan fingerprint density at radius 3 is 2.67 bits per heavy atom.